The van der Waals surface area contributed by atoms with Gasteiger partial charge in [0.1, 0.15) is 11.2 Å². The zero-order valence-corrected chi connectivity index (χ0v) is 15.9. The van der Waals surface area contributed by atoms with E-state index in [9.17, 15) is 26.3 Å². The lowest BCUT2D eigenvalue weighted by molar-refractivity contribution is -0.152. The van der Waals surface area contributed by atoms with Gasteiger partial charge < -0.3 is 8.83 Å². The molecule has 0 unspecified atom stereocenters. The molecule has 2 heterocycles. The SMILES string of the molecule is FC(F)(F)c1cc2ccc3c4ccc5c(ccc6cc(C(F)(F)F)oc65)c4ccc3c2o1. The smallest absolute Gasteiger partial charge is 0.449 e. The number of halogens is 6. The molecule has 6 aromatic rings. The van der Waals surface area contributed by atoms with E-state index in [0.29, 0.717) is 32.3 Å². The first kappa shape index (κ1) is 19.0. The second-order valence-corrected chi connectivity index (χ2v) is 7.60. The van der Waals surface area contributed by atoms with Gasteiger partial charge in [0, 0.05) is 21.5 Å². The van der Waals surface area contributed by atoms with Crippen molar-refractivity contribution in [2.75, 3.05) is 0 Å². The van der Waals surface area contributed by atoms with Crippen LogP contribution < -0.4 is 0 Å². The van der Waals surface area contributed by atoms with E-state index in [1.165, 1.54) is 0 Å². The predicted octanol–water partition coefficient (Wildman–Crippen LogP) is 8.68. The molecule has 0 bridgehead atoms. The molecular formula is C24H10F6O2. The van der Waals surface area contributed by atoms with E-state index >= 15 is 0 Å². The molecule has 4 aromatic carbocycles. The van der Waals surface area contributed by atoms with E-state index in [-0.39, 0.29) is 11.2 Å². The summed E-state index contributed by atoms with van der Waals surface area (Å²) in [7, 11) is 0. The second kappa shape index (κ2) is 5.97. The first-order valence-corrected chi connectivity index (χ1v) is 9.50. The maximum Gasteiger partial charge on any atom is 0.449 e. The molecule has 0 aliphatic carbocycles. The van der Waals surface area contributed by atoms with Crippen molar-refractivity contribution in [2.45, 2.75) is 12.4 Å². The van der Waals surface area contributed by atoms with Crippen LogP contribution in [0, 0.1) is 0 Å². The number of fused-ring (bicyclic) bond motifs is 9. The van der Waals surface area contributed by atoms with Crippen molar-refractivity contribution in [3.8, 4) is 0 Å². The van der Waals surface area contributed by atoms with Gasteiger partial charge in [0.25, 0.3) is 0 Å². The molecule has 0 aliphatic rings. The topological polar surface area (TPSA) is 26.3 Å². The monoisotopic (exact) mass is 444 g/mol. The minimum absolute atomic E-state index is 0.133. The molecule has 0 saturated carbocycles. The van der Waals surface area contributed by atoms with Crippen LogP contribution in [0.25, 0.3) is 54.3 Å². The van der Waals surface area contributed by atoms with Gasteiger partial charge in [-0.25, -0.2) is 0 Å². The van der Waals surface area contributed by atoms with E-state index in [2.05, 4.69) is 0 Å². The Balaban J connectivity index is 1.66. The molecule has 6 rings (SSSR count). The Morgan fingerprint density at radius 2 is 0.750 bits per heavy atom. The quantitative estimate of drug-likeness (QED) is 0.173. The maximum atomic E-state index is 13.1. The summed E-state index contributed by atoms with van der Waals surface area (Å²) >= 11 is 0. The second-order valence-electron chi connectivity index (χ2n) is 7.60. The van der Waals surface area contributed by atoms with Crippen molar-refractivity contribution in [1.82, 2.24) is 0 Å². The van der Waals surface area contributed by atoms with Crippen molar-refractivity contribution in [3.05, 3.63) is 72.2 Å². The molecule has 2 aromatic heterocycles. The number of hydrogen-bond acceptors (Lipinski definition) is 2. The number of furan rings is 2. The van der Waals surface area contributed by atoms with Crippen LogP contribution in [0.1, 0.15) is 11.5 Å². The fourth-order valence-electron chi connectivity index (χ4n) is 4.31. The summed E-state index contributed by atoms with van der Waals surface area (Å²) < 4.78 is 88.8. The summed E-state index contributed by atoms with van der Waals surface area (Å²) in [6.45, 7) is 0. The van der Waals surface area contributed by atoms with Gasteiger partial charge in [-0.05, 0) is 45.8 Å². The summed E-state index contributed by atoms with van der Waals surface area (Å²) in [6, 6.07) is 15.3. The van der Waals surface area contributed by atoms with Gasteiger partial charge >= 0.3 is 12.4 Å². The average Bonchev–Trinajstić information content (AvgIpc) is 3.37. The van der Waals surface area contributed by atoms with Crippen LogP contribution in [0.3, 0.4) is 0 Å². The molecule has 8 heteroatoms. The van der Waals surface area contributed by atoms with Crippen LogP contribution in [0.4, 0.5) is 26.3 Å². The minimum atomic E-state index is -4.60. The zero-order valence-electron chi connectivity index (χ0n) is 15.9. The van der Waals surface area contributed by atoms with Crippen LogP contribution in [0.15, 0.2) is 69.5 Å². The van der Waals surface area contributed by atoms with E-state index in [1.807, 2.05) is 0 Å². The van der Waals surface area contributed by atoms with Crippen LogP contribution in [0.2, 0.25) is 0 Å². The first-order valence-electron chi connectivity index (χ1n) is 9.50. The Kier molecular flexibility index (Phi) is 3.55. The Bertz CT molecular complexity index is 1570. The summed E-state index contributed by atoms with van der Waals surface area (Å²) in [6.07, 6.45) is -9.19. The molecule has 0 amide bonds. The molecule has 0 saturated heterocycles. The van der Waals surface area contributed by atoms with Gasteiger partial charge in [0.2, 0.25) is 11.5 Å². The fourth-order valence-corrected chi connectivity index (χ4v) is 4.31. The van der Waals surface area contributed by atoms with E-state index in [1.54, 1.807) is 48.5 Å². The lowest BCUT2D eigenvalue weighted by Crippen LogP contribution is -2.01. The standard InChI is InChI=1S/C24H10F6O2/c25-23(26,27)19-9-11-1-3-15-13-5-8-18-16(14(13)6-7-17(15)21(11)31-19)4-2-12-10-20(24(28,29)30)32-22(12)18/h1-10H. The Morgan fingerprint density at radius 3 is 1.12 bits per heavy atom. The molecular weight excluding hydrogens is 434 g/mol. The number of benzene rings is 4. The molecule has 2 nitrogen and oxygen atoms in total. The Labute approximate surface area is 174 Å². The third-order valence-corrected chi connectivity index (χ3v) is 5.71. The van der Waals surface area contributed by atoms with E-state index in [4.69, 9.17) is 8.83 Å². The third kappa shape index (κ3) is 2.62. The van der Waals surface area contributed by atoms with E-state index < -0.39 is 23.9 Å². The number of hydrogen-bond donors (Lipinski definition) is 0. The molecule has 0 fully saturated rings. The van der Waals surface area contributed by atoms with Crippen molar-refractivity contribution in [2.24, 2.45) is 0 Å². The van der Waals surface area contributed by atoms with Gasteiger partial charge in [-0.15, -0.1) is 0 Å². The van der Waals surface area contributed by atoms with Crippen molar-refractivity contribution >= 4 is 54.3 Å². The molecule has 0 radical (unpaired) electrons. The average molecular weight is 444 g/mol. The number of alkyl halides is 6. The highest BCUT2D eigenvalue weighted by Gasteiger charge is 2.36. The van der Waals surface area contributed by atoms with Crippen LogP contribution in [-0.4, -0.2) is 0 Å². The molecule has 160 valence electrons. The molecule has 0 atom stereocenters. The van der Waals surface area contributed by atoms with Gasteiger partial charge in [0.05, 0.1) is 0 Å². The molecule has 0 aliphatic heterocycles. The van der Waals surface area contributed by atoms with Gasteiger partial charge in [0.15, 0.2) is 0 Å². The fraction of sp³-hybridized carbons (Fsp3) is 0.0833. The molecule has 32 heavy (non-hydrogen) atoms. The first-order chi connectivity index (χ1) is 15.1. The summed E-state index contributed by atoms with van der Waals surface area (Å²) in [5.74, 6) is -2.14. The molecule has 0 spiro atoms. The lowest BCUT2D eigenvalue weighted by Gasteiger charge is -2.08. The van der Waals surface area contributed by atoms with Crippen molar-refractivity contribution in [3.63, 3.8) is 0 Å². The Morgan fingerprint density at radius 1 is 0.438 bits per heavy atom. The maximum absolute atomic E-state index is 13.1. The van der Waals surface area contributed by atoms with Crippen molar-refractivity contribution < 1.29 is 35.2 Å². The van der Waals surface area contributed by atoms with Gasteiger partial charge in [-0.1, -0.05) is 36.4 Å². The van der Waals surface area contributed by atoms with E-state index in [0.717, 1.165) is 22.9 Å². The largest absolute Gasteiger partial charge is 0.451 e. The highest BCUT2D eigenvalue weighted by atomic mass is 19.4. The van der Waals surface area contributed by atoms with Crippen LogP contribution in [0.5, 0.6) is 0 Å². The minimum Gasteiger partial charge on any atom is -0.451 e. The summed E-state index contributed by atoms with van der Waals surface area (Å²) in [4.78, 5) is 0. The third-order valence-electron chi connectivity index (χ3n) is 5.71. The lowest BCUT2D eigenvalue weighted by atomic mass is 9.95. The highest BCUT2D eigenvalue weighted by molar-refractivity contribution is 6.23. The predicted molar refractivity (Wildman–Crippen MR) is 109 cm³/mol. The Hall–Kier alpha value is -3.68. The zero-order chi connectivity index (χ0) is 22.4. The van der Waals surface area contributed by atoms with Crippen LogP contribution >= 0.6 is 0 Å². The van der Waals surface area contributed by atoms with Crippen LogP contribution in [-0.2, 0) is 12.4 Å². The highest BCUT2D eigenvalue weighted by Crippen LogP contribution is 2.41. The summed E-state index contributed by atoms with van der Waals surface area (Å²) in [5.41, 5.74) is 0.265. The number of rotatable bonds is 0. The normalized spacial score (nSPS) is 13.3. The summed E-state index contributed by atoms with van der Waals surface area (Å²) in [5, 5.41) is 4.54. The van der Waals surface area contributed by atoms with Gasteiger partial charge in [-0.3, -0.25) is 0 Å². The van der Waals surface area contributed by atoms with Crippen molar-refractivity contribution in [1.29, 1.82) is 0 Å². The van der Waals surface area contributed by atoms with Gasteiger partial charge in [-0.2, -0.15) is 26.3 Å². The molecule has 0 N–H and O–H groups in total.